The Morgan fingerprint density at radius 2 is 1.88 bits per heavy atom. The molecule has 0 amide bonds. The van der Waals surface area contributed by atoms with Gasteiger partial charge in [0.15, 0.2) is 22.9 Å². The van der Waals surface area contributed by atoms with Crippen molar-refractivity contribution in [3.05, 3.63) is 27.1 Å². The molecular formula is C11H14FN2O14P3S. The van der Waals surface area contributed by atoms with Gasteiger partial charge < -0.3 is 34.5 Å². The van der Waals surface area contributed by atoms with Gasteiger partial charge in [-0.05, 0) is 12.2 Å². The summed E-state index contributed by atoms with van der Waals surface area (Å²) in [6.45, 7) is -1.11. The molecule has 6 atom stereocenters. The molecule has 0 aliphatic carbocycles. The number of aliphatic hydroxyl groups is 2. The van der Waals surface area contributed by atoms with Gasteiger partial charge in [-0.2, -0.15) is 13.0 Å². The van der Waals surface area contributed by atoms with Crippen LogP contribution in [0.1, 0.15) is 6.23 Å². The Bertz CT molecular complexity index is 1190. The van der Waals surface area contributed by atoms with Gasteiger partial charge >= 0.3 is 23.5 Å². The molecule has 4 unspecified atom stereocenters. The van der Waals surface area contributed by atoms with Crippen LogP contribution in [-0.2, 0) is 31.6 Å². The van der Waals surface area contributed by atoms with Gasteiger partial charge in [0.1, 0.15) is 0 Å². The number of hydrogen-bond donors (Lipinski definition) is 7. The molecule has 16 nitrogen and oxygen atoms in total. The summed E-state index contributed by atoms with van der Waals surface area (Å²) in [5, 5.41) is 20.4. The van der Waals surface area contributed by atoms with Gasteiger partial charge in [0.2, 0.25) is 5.82 Å². The van der Waals surface area contributed by atoms with Crippen LogP contribution in [0.3, 0.4) is 0 Å². The van der Waals surface area contributed by atoms with Crippen molar-refractivity contribution < 1.29 is 65.8 Å². The van der Waals surface area contributed by atoms with Crippen molar-refractivity contribution in [3.8, 4) is 12.3 Å². The maximum absolute atomic E-state index is 13.7. The first-order valence-electron chi connectivity index (χ1n) is 7.74. The lowest BCUT2D eigenvalue weighted by molar-refractivity contribution is -0.129. The number of nitrogens with one attached hydrogen (secondary N) is 1. The van der Waals surface area contributed by atoms with E-state index >= 15 is 0 Å². The predicted octanol–water partition coefficient (Wildman–Crippen LogP) is -0.784. The van der Waals surface area contributed by atoms with E-state index < -0.39 is 70.3 Å². The normalized spacial score (nSPS) is 29.8. The molecule has 0 radical (unpaired) electrons. The van der Waals surface area contributed by atoms with E-state index in [1.807, 2.05) is 10.9 Å². The van der Waals surface area contributed by atoms with Crippen LogP contribution in [0.4, 0.5) is 4.39 Å². The van der Waals surface area contributed by atoms with E-state index in [9.17, 15) is 42.9 Å². The highest BCUT2D eigenvalue weighted by Crippen LogP contribution is 2.67. The van der Waals surface area contributed by atoms with Crippen molar-refractivity contribution in [2.45, 2.75) is 18.1 Å². The third-order valence-electron chi connectivity index (χ3n) is 3.79. The number of hydrogen-bond acceptors (Lipinski definition) is 11. The Hall–Kier alpha value is -1.12. The fourth-order valence-corrected chi connectivity index (χ4v) is 5.92. The van der Waals surface area contributed by atoms with E-state index in [1.54, 1.807) is 0 Å². The number of terminal acetylenes is 1. The number of rotatable bonds is 8. The summed E-state index contributed by atoms with van der Waals surface area (Å²) in [6.07, 6.45) is 1.57. The molecule has 2 heterocycles. The first kappa shape index (κ1) is 27.1. The third-order valence-corrected chi connectivity index (χ3v) is 7.91. The van der Waals surface area contributed by atoms with Crippen molar-refractivity contribution in [3.63, 3.8) is 0 Å². The SMILES string of the molecule is C#CC1(O)C(CO)[C@@H](OP(=O)(O)OP(=O)(O)OP(=O)(O)O)O[C@H]1n1cc(F)c(=O)[nH]c1=S. The average Bonchev–Trinajstić information content (AvgIpc) is 2.86. The minimum absolute atomic E-state index is 0.468. The quantitative estimate of drug-likeness (QED) is 0.121. The standard InChI is InChI=1S/C11H14FN2O14P3S/c1-2-11(17)5(4-15)8(25-9(11)14-3-6(12)7(16)13-10(14)32)26-30(21,22)28-31(23,24)27-29(18,19)20/h1,3,5,8-9,15,17H,4H2,(H,21,22)(H,23,24)(H,13,16,32)(H2,18,19,20)/t5?,8-,9-,11?/m1/s1. The second-order valence-electron chi connectivity index (χ2n) is 5.96. The number of halogens is 1. The Morgan fingerprint density at radius 1 is 1.28 bits per heavy atom. The summed E-state index contributed by atoms with van der Waals surface area (Å²) in [6, 6.07) is 0. The van der Waals surface area contributed by atoms with Crippen molar-refractivity contribution in [1.82, 2.24) is 9.55 Å². The van der Waals surface area contributed by atoms with E-state index in [2.05, 4.69) is 13.1 Å². The van der Waals surface area contributed by atoms with Gasteiger partial charge in [0, 0.05) is 0 Å². The molecule has 0 aromatic carbocycles. The molecule has 180 valence electrons. The monoisotopic (exact) mass is 542 g/mol. The maximum Gasteiger partial charge on any atom is 0.490 e. The summed E-state index contributed by atoms with van der Waals surface area (Å²) in [4.78, 5) is 49.1. The largest absolute Gasteiger partial charge is 0.490 e. The number of aromatic amines is 1. The lowest BCUT2D eigenvalue weighted by atomic mass is 9.89. The van der Waals surface area contributed by atoms with Gasteiger partial charge in [0.05, 0.1) is 18.7 Å². The number of phosphoric ester groups is 1. The fourth-order valence-electron chi connectivity index (χ4n) is 2.56. The van der Waals surface area contributed by atoms with E-state index in [4.69, 9.17) is 33.2 Å². The molecule has 21 heteroatoms. The minimum atomic E-state index is -5.89. The minimum Gasteiger partial charge on any atom is -0.396 e. The van der Waals surface area contributed by atoms with Crippen LogP contribution < -0.4 is 5.56 Å². The Morgan fingerprint density at radius 3 is 2.38 bits per heavy atom. The Labute approximate surface area is 181 Å². The van der Waals surface area contributed by atoms with Crippen LogP contribution in [-0.4, -0.2) is 57.8 Å². The number of phosphoric acid groups is 3. The lowest BCUT2D eigenvalue weighted by Crippen LogP contribution is -2.43. The van der Waals surface area contributed by atoms with Crippen LogP contribution in [0, 0.1) is 28.8 Å². The summed E-state index contributed by atoms with van der Waals surface area (Å²) in [5.41, 5.74) is -3.87. The third kappa shape index (κ3) is 6.06. The second kappa shape index (κ2) is 9.26. The van der Waals surface area contributed by atoms with Crippen molar-refractivity contribution in [1.29, 1.82) is 0 Å². The molecule has 32 heavy (non-hydrogen) atoms. The van der Waals surface area contributed by atoms with Crippen LogP contribution in [0.5, 0.6) is 0 Å². The highest BCUT2D eigenvalue weighted by Gasteiger charge is 2.58. The van der Waals surface area contributed by atoms with Crippen LogP contribution in [0.2, 0.25) is 0 Å². The van der Waals surface area contributed by atoms with Crippen LogP contribution >= 0.6 is 35.7 Å². The first-order chi connectivity index (χ1) is 14.4. The molecule has 1 aliphatic rings. The molecule has 7 N–H and O–H groups in total. The molecule has 1 aromatic heterocycles. The number of H-pyrrole nitrogens is 1. The molecule has 1 aromatic rings. The van der Waals surface area contributed by atoms with Crippen LogP contribution in [0.25, 0.3) is 0 Å². The predicted molar refractivity (Wildman–Crippen MR) is 99.1 cm³/mol. The number of nitrogens with zero attached hydrogens (tertiary/aromatic N) is 1. The summed E-state index contributed by atoms with van der Waals surface area (Å²) >= 11 is 4.82. The Balaban J connectivity index is 2.41. The summed E-state index contributed by atoms with van der Waals surface area (Å²) in [5.74, 6) is -1.40. The highest BCUT2D eigenvalue weighted by atomic mass is 32.1. The van der Waals surface area contributed by atoms with E-state index in [0.29, 0.717) is 10.8 Å². The van der Waals surface area contributed by atoms with E-state index in [1.165, 1.54) is 0 Å². The number of aromatic nitrogens is 2. The molecule has 2 rings (SSSR count). The van der Waals surface area contributed by atoms with Gasteiger partial charge in [-0.1, -0.05) is 5.92 Å². The topological polar surface area (TPSA) is 247 Å². The summed E-state index contributed by atoms with van der Waals surface area (Å²) in [7, 11) is -17.3. The van der Waals surface area contributed by atoms with Gasteiger partial charge in [-0.25, -0.2) is 13.7 Å². The van der Waals surface area contributed by atoms with E-state index in [0.717, 1.165) is 0 Å². The molecule has 1 aliphatic heterocycles. The average molecular weight is 542 g/mol. The second-order valence-corrected chi connectivity index (χ2v) is 10.7. The maximum atomic E-state index is 13.7. The fraction of sp³-hybridized carbons (Fsp3) is 0.455. The van der Waals surface area contributed by atoms with E-state index in [-0.39, 0.29) is 0 Å². The van der Waals surface area contributed by atoms with Gasteiger partial charge in [0.25, 0.3) is 5.56 Å². The van der Waals surface area contributed by atoms with Crippen molar-refractivity contribution in [2.75, 3.05) is 6.61 Å². The van der Waals surface area contributed by atoms with Gasteiger partial charge in [-0.3, -0.25) is 18.9 Å². The molecule has 0 saturated carbocycles. The first-order valence-corrected chi connectivity index (χ1v) is 12.7. The zero-order valence-electron chi connectivity index (χ0n) is 15.1. The molecule has 1 fully saturated rings. The van der Waals surface area contributed by atoms with Crippen LogP contribution in [0.15, 0.2) is 11.0 Å². The smallest absolute Gasteiger partial charge is 0.396 e. The number of aliphatic hydroxyl groups excluding tert-OH is 1. The lowest BCUT2D eigenvalue weighted by Gasteiger charge is -2.28. The van der Waals surface area contributed by atoms with Crippen molar-refractivity contribution in [2.24, 2.45) is 5.92 Å². The summed E-state index contributed by atoms with van der Waals surface area (Å²) < 4.78 is 64.6. The molecular weight excluding hydrogens is 528 g/mol. The molecule has 0 bridgehead atoms. The molecule has 0 spiro atoms. The van der Waals surface area contributed by atoms with Crippen molar-refractivity contribution >= 4 is 35.7 Å². The highest BCUT2D eigenvalue weighted by molar-refractivity contribution is 7.71. The zero-order valence-corrected chi connectivity index (χ0v) is 18.6. The number of ether oxygens (including phenoxy) is 1. The zero-order chi connectivity index (χ0) is 24.7. The van der Waals surface area contributed by atoms with Gasteiger partial charge in [-0.15, -0.1) is 6.42 Å². The molecule has 1 saturated heterocycles. The Kier molecular flexibility index (Phi) is 7.85.